The van der Waals surface area contributed by atoms with Gasteiger partial charge in [-0.2, -0.15) is 0 Å². The van der Waals surface area contributed by atoms with Gasteiger partial charge in [0.15, 0.2) is 0 Å². The van der Waals surface area contributed by atoms with Crippen LogP contribution in [0, 0.1) is 0 Å². The Morgan fingerprint density at radius 2 is 0.240 bits per heavy atom. The van der Waals surface area contributed by atoms with Crippen LogP contribution in [0.25, 0.3) is 230 Å². The van der Waals surface area contributed by atoms with E-state index in [0.717, 1.165) is 19.3 Å². The van der Waals surface area contributed by atoms with Crippen molar-refractivity contribution in [2.75, 3.05) is 0 Å². The molecule has 0 radical (unpaired) electrons. The highest BCUT2D eigenvalue weighted by molar-refractivity contribution is 6.28. The Kier molecular flexibility index (Phi) is 18.3. The van der Waals surface area contributed by atoms with Gasteiger partial charge >= 0.3 is 0 Å². The zero-order valence-electron chi connectivity index (χ0n) is 71.2. The second kappa shape index (κ2) is 31.4. The molecule has 27 rings (SSSR count). The van der Waals surface area contributed by atoms with E-state index in [9.17, 15) is 0 Å². The lowest BCUT2D eigenvalue weighted by Crippen LogP contribution is -1.91. The summed E-state index contributed by atoms with van der Waals surface area (Å²) in [6.45, 7) is 0. The maximum atomic E-state index is 2.43. The minimum Gasteiger partial charge on any atom is -0.0622 e. The van der Waals surface area contributed by atoms with Crippen LogP contribution in [-0.2, 0) is 19.3 Å². The largest absolute Gasteiger partial charge is 0.0622 e. The molecule has 3 aliphatic carbocycles. The summed E-state index contributed by atoms with van der Waals surface area (Å²) in [5.41, 5.74) is 39.8. The summed E-state index contributed by atoms with van der Waals surface area (Å²) in [5.74, 6) is 0. The molecule has 3 aliphatic rings. The average molecular weight is 1630 g/mol. The summed E-state index contributed by atoms with van der Waals surface area (Å²) in [6, 6.07) is 174. The molecule has 24 aromatic rings. The summed E-state index contributed by atoms with van der Waals surface area (Å²) >= 11 is 0. The van der Waals surface area contributed by atoms with Gasteiger partial charge in [-0.1, -0.05) is 449 Å². The van der Waals surface area contributed by atoms with Crippen LogP contribution in [0.5, 0.6) is 0 Å². The van der Waals surface area contributed by atoms with Crippen LogP contribution in [0.3, 0.4) is 0 Å². The van der Waals surface area contributed by atoms with E-state index in [2.05, 4.69) is 473 Å². The number of fused-ring (bicyclic) bond motifs is 27. The van der Waals surface area contributed by atoms with Crippen molar-refractivity contribution in [2.24, 2.45) is 0 Å². The molecule has 0 aromatic heterocycles. The molecule has 0 aliphatic heterocycles. The van der Waals surface area contributed by atoms with Gasteiger partial charge in [0.2, 0.25) is 0 Å². The Hall–Kier alpha value is -16.4. The molecule has 0 heterocycles. The number of hydrogen-bond donors (Lipinski definition) is 0. The van der Waals surface area contributed by atoms with Crippen molar-refractivity contribution < 1.29 is 0 Å². The fraction of sp³-hybridized carbons (Fsp3) is 0.0233. The third-order valence-corrected chi connectivity index (χ3v) is 28.0. The van der Waals surface area contributed by atoms with E-state index in [1.54, 1.807) is 0 Å². The lowest BCUT2D eigenvalue weighted by atomic mass is 9.90. The maximum Gasteiger partial charge on any atom is -0.000112 e. The highest BCUT2D eigenvalue weighted by Crippen LogP contribution is 2.52. The molecule has 0 saturated carbocycles. The van der Waals surface area contributed by atoms with Gasteiger partial charge in [0.1, 0.15) is 0 Å². The molecular formula is C129H84. The number of rotatable bonds is 9. The third-order valence-electron chi connectivity index (χ3n) is 28.0. The standard InChI is InChI=1S/C49H32.C43H28.C37H24/c1-2-11-32(12-3-1)33-23-25-34(26-24-33)35-13-8-14-36(29-35)38-19-9-21-44-45-22-10-20-39(49(45)31-48(38)44)37-27-28-46-42-17-5-4-15-40(42)41-16-6-7-18-43(41)47(46)30-37;1-2-10-28(11-3-1)29-20-22-30(23-21-29)32-16-8-18-38-39-19-9-17-33(43(39)27-42(32)38)31-24-25-40-36-14-5-4-12-34(36)35-13-6-7-15-37(35)41(40)26-31;1-2-10-24(11-3-1)26-16-8-18-32-33-19-9-17-27(37(33)23-36(26)32)25-20-21-34-30-14-5-4-12-28(30)29-13-6-7-15-31(29)35(34)22-25/h1-30H,31H2;1-26H,27H2;1-22H,23H2. The van der Waals surface area contributed by atoms with Crippen LogP contribution < -0.4 is 0 Å². The van der Waals surface area contributed by atoms with Crippen LogP contribution in [0.4, 0.5) is 0 Å². The SMILES string of the molecule is c1ccc(-c2ccc(-c3cccc(-c4cccc5c4Cc4c(-c6ccc7c8ccccc8c8ccccc8c7c6)cccc4-5)c3)cc2)cc1.c1ccc(-c2ccc(-c3cccc4c3Cc3c(-c5ccc6c7ccccc7c7ccccc7c6c5)cccc3-4)cc2)cc1.c1ccc(-c2cccc3c2Cc2c(-c4ccc5c6ccccc6c6ccccc6c5c4)cccc2-3)cc1. The first-order valence-corrected chi connectivity index (χ1v) is 45.2. The lowest BCUT2D eigenvalue weighted by molar-refractivity contribution is 1.26. The van der Waals surface area contributed by atoms with Crippen molar-refractivity contribution in [1.29, 1.82) is 0 Å². The smallest absolute Gasteiger partial charge is 0.000112 e. The van der Waals surface area contributed by atoms with Gasteiger partial charge in [-0.05, 0) is 307 Å². The second-order valence-corrected chi connectivity index (χ2v) is 34.9. The zero-order valence-corrected chi connectivity index (χ0v) is 71.2. The quantitative estimate of drug-likeness (QED) is 0.126. The van der Waals surface area contributed by atoms with E-state index in [1.807, 2.05) is 0 Å². The first-order valence-electron chi connectivity index (χ1n) is 45.2. The van der Waals surface area contributed by atoms with Crippen LogP contribution >= 0.6 is 0 Å². The van der Waals surface area contributed by atoms with Crippen molar-refractivity contribution in [2.45, 2.75) is 19.3 Å². The lowest BCUT2D eigenvalue weighted by Gasteiger charge is -2.14. The fourth-order valence-corrected chi connectivity index (χ4v) is 22.0. The maximum absolute atomic E-state index is 2.43. The van der Waals surface area contributed by atoms with Crippen LogP contribution in [0.1, 0.15) is 33.4 Å². The predicted molar refractivity (Wildman–Crippen MR) is 551 cm³/mol. The highest BCUT2D eigenvalue weighted by atomic mass is 14.3. The summed E-state index contributed by atoms with van der Waals surface area (Å²) in [6.07, 6.45) is 2.82. The summed E-state index contributed by atoms with van der Waals surface area (Å²) in [4.78, 5) is 0. The molecule has 0 atom stereocenters. The Morgan fingerprint density at radius 3 is 0.512 bits per heavy atom. The van der Waals surface area contributed by atoms with E-state index in [1.165, 1.54) is 264 Å². The Morgan fingerprint density at radius 1 is 0.0853 bits per heavy atom. The molecule has 0 nitrogen and oxygen atoms in total. The minimum absolute atomic E-state index is 0.920. The van der Waals surface area contributed by atoms with Crippen molar-refractivity contribution in [3.8, 4) is 134 Å². The molecule has 24 aromatic carbocycles. The van der Waals surface area contributed by atoms with Crippen molar-refractivity contribution in [1.82, 2.24) is 0 Å². The molecule has 0 unspecified atom stereocenters. The van der Waals surface area contributed by atoms with Crippen molar-refractivity contribution in [3.05, 3.63) is 507 Å². The molecule has 0 bridgehead atoms. The van der Waals surface area contributed by atoms with E-state index in [4.69, 9.17) is 0 Å². The van der Waals surface area contributed by atoms with Gasteiger partial charge in [-0.15, -0.1) is 0 Å². The summed E-state index contributed by atoms with van der Waals surface area (Å²) in [7, 11) is 0. The molecule has 600 valence electrons. The highest BCUT2D eigenvalue weighted by Gasteiger charge is 2.29. The Balaban J connectivity index is 0.000000106. The molecular weight excluding hydrogens is 1550 g/mol. The Labute approximate surface area is 750 Å². The summed E-state index contributed by atoms with van der Waals surface area (Å²) < 4.78 is 0. The van der Waals surface area contributed by atoms with E-state index < -0.39 is 0 Å². The molecule has 0 fully saturated rings. The molecule has 0 saturated heterocycles. The first kappa shape index (κ1) is 75.2. The van der Waals surface area contributed by atoms with Gasteiger partial charge in [0.05, 0.1) is 0 Å². The topological polar surface area (TPSA) is 0 Å². The monoisotopic (exact) mass is 1630 g/mol. The minimum atomic E-state index is 0.920. The van der Waals surface area contributed by atoms with Crippen LogP contribution in [0.15, 0.2) is 473 Å². The van der Waals surface area contributed by atoms with Gasteiger partial charge < -0.3 is 0 Å². The van der Waals surface area contributed by atoms with E-state index in [-0.39, 0.29) is 0 Å². The van der Waals surface area contributed by atoms with Crippen LogP contribution in [-0.4, -0.2) is 0 Å². The predicted octanol–water partition coefficient (Wildman–Crippen LogP) is 35.2. The van der Waals surface area contributed by atoms with Gasteiger partial charge in [0.25, 0.3) is 0 Å². The van der Waals surface area contributed by atoms with E-state index in [0.29, 0.717) is 0 Å². The molecule has 0 N–H and O–H groups in total. The molecule has 129 heavy (non-hydrogen) atoms. The first-order chi connectivity index (χ1) is 64.0. The van der Waals surface area contributed by atoms with Gasteiger partial charge in [-0.25, -0.2) is 0 Å². The Bertz CT molecular complexity index is 8540. The van der Waals surface area contributed by atoms with E-state index >= 15 is 0 Å². The molecule has 0 heteroatoms. The fourth-order valence-electron chi connectivity index (χ4n) is 22.0. The van der Waals surface area contributed by atoms with Crippen LogP contribution in [0.2, 0.25) is 0 Å². The zero-order chi connectivity index (χ0) is 85.0. The van der Waals surface area contributed by atoms with Gasteiger partial charge in [-0.3, -0.25) is 0 Å². The third kappa shape index (κ3) is 12.9. The normalized spacial score (nSPS) is 12.1. The number of benzene rings is 24. The summed E-state index contributed by atoms with van der Waals surface area (Å²) in [5, 5.41) is 23.7. The average Bonchev–Trinajstić information content (AvgIpc) is 1.69. The number of hydrogen-bond acceptors (Lipinski definition) is 0. The molecule has 0 spiro atoms. The van der Waals surface area contributed by atoms with Crippen molar-refractivity contribution >= 4 is 97.0 Å². The second-order valence-electron chi connectivity index (χ2n) is 34.9. The van der Waals surface area contributed by atoms with Crippen molar-refractivity contribution in [3.63, 3.8) is 0 Å². The molecule has 0 amide bonds. The van der Waals surface area contributed by atoms with Gasteiger partial charge in [0, 0.05) is 0 Å².